The van der Waals surface area contributed by atoms with Crippen molar-refractivity contribution < 1.29 is 8.42 Å². The quantitative estimate of drug-likeness (QED) is 0.779. The molecule has 4 nitrogen and oxygen atoms in total. The predicted octanol–water partition coefficient (Wildman–Crippen LogP) is 2.27. The average molecular weight is 270 g/mol. The van der Waals surface area contributed by atoms with E-state index in [1.165, 1.54) is 0 Å². The molecule has 102 valence electrons. The van der Waals surface area contributed by atoms with Crippen molar-refractivity contribution in [3.8, 4) is 0 Å². The lowest BCUT2D eigenvalue weighted by molar-refractivity contribution is 0.388. The Hall–Kier alpha value is -1.07. The molecule has 0 aromatic heterocycles. The SMILES string of the molecule is CCC(C)(CC)NS(=O)(=O)Cc1ccc(N)cc1. The lowest BCUT2D eigenvalue weighted by atomic mass is 9.98. The first-order valence-corrected chi connectivity index (χ1v) is 7.81. The number of anilines is 1. The molecule has 0 aliphatic heterocycles. The summed E-state index contributed by atoms with van der Waals surface area (Å²) in [6.45, 7) is 5.89. The molecule has 5 heteroatoms. The summed E-state index contributed by atoms with van der Waals surface area (Å²) < 4.78 is 26.9. The highest BCUT2D eigenvalue weighted by Crippen LogP contribution is 2.17. The molecule has 0 heterocycles. The summed E-state index contributed by atoms with van der Waals surface area (Å²) in [6, 6.07) is 6.90. The molecule has 0 spiro atoms. The Morgan fingerprint density at radius 1 is 1.17 bits per heavy atom. The van der Waals surface area contributed by atoms with Gasteiger partial charge < -0.3 is 5.73 Å². The van der Waals surface area contributed by atoms with E-state index in [1.807, 2.05) is 20.8 Å². The minimum absolute atomic E-state index is 0.0110. The van der Waals surface area contributed by atoms with Gasteiger partial charge in [0.2, 0.25) is 10.0 Å². The van der Waals surface area contributed by atoms with Crippen LogP contribution in [0.1, 0.15) is 39.2 Å². The van der Waals surface area contributed by atoms with Crippen molar-refractivity contribution in [2.75, 3.05) is 5.73 Å². The number of hydrogen-bond donors (Lipinski definition) is 2. The van der Waals surface area contributed by atoms with Crippen molar-refractivity contribution in [1.29, 1.82) is 0 Å². The number of nitrogen functional groups attached to an aromatic ring is 1. The van der Waals surface area contributed by atoms with Crippen LogP contribution in [0.2, 0.25) is 0 Å². The Bertz CT molecular complexity index is 476. The molecule has 1 aromatic carbocycles. The summed E-state index contributed by atoms with van der Waals surface area (Å²) in [5, 5.41) is 0. The van der Waals surface area contributed by atoms with Gasteiger partial charge in [-0.05, 0) is 37.5 Å². The third-order valence-corrected chi connectivity index (χ3v) is 4.82. The van der Waals surface area contributed by atoms with Crippen LogP contribution in [0.15, 0.2) is 24.3 Å². The normalized spacial score (nSPS) is 12.6. The van der Waals surface area contributed by atoms with Gasteiger partial charge >= 0.3 is 0 Å². The van der Waals surface area contributed by atoms with Gasteiger partial charge in [0.25, 0.3) is 0 Å². The van der Waals surface area contributed by atoms with Gasteiger partial charge in [0, 0.05) is 11.2 Å². The molecule has 3 N–H and O–H groups in total. The van der Waals surface area contributed by atoms with Crippen LogP contribution < -0.4 is 10.5 Å². The van der Waals surface area contributed by atoms with E-state index in [0.717, 1.165) is 18.4 Å². The summed E-state index contributed by atoms with van der Waals surface area (Å²) in [5.41, 5.74) is 6.58. The van der Waals surface area contributed by atoms with Crippen LogP contribution >= 0.6 is 0 Å². The average Bonchev–Trinajstić information content (AvgIpc) is 2.31. The molecular weight excluding hydrogens is 248 g/mol. The highest BCUT2D eigenvalue weighted by atomic mass is 32.2. The summed E-state index contributed by atoms with van der Waals surface area (Å²) in [4.78, 5) is 0. The second-order valence-electron chi connectivity index (χ2n) is 4.87. The van der Waals surface area contributed by atoms with Crippen LogP contribution in [0, 0.1) is 0 Å². The van der Waals surface area contributed by atoms with Crippen LogP contribution in [0.4, 0.5) is 5.69 Å². The van der Waals surface area contributed by atoms with Gasteiger partial charge in [0.05, 0.1) is 5.75 Å². The van der Waals surface area contributed by atoms with Gasteiger partial charge in [-0.25, -0.2) is 13.1 Å². The zero-order chi connectivity index (χ0) is 13.8. The van der Waals surface area contributed by atoms with Crippen molar-refractivity contribution in [2.24, 2.45) is 0 Å². The standard InChI is InChI=1S/C13H22N2O2S/c1-4-13(3,5-2)15-18(16,17)10-11-6-8-12(14)9-7-11/h6-9,15H,4-5,10,14H2,1-3H3. The molecule has 18 heavy (non-hydrogen) atoms. The van der Waals surface area contributed by atoms with E-state index in [0.29, 0.717) is 5.69 Å². The first-order valence-electron chi connectivity index (χ1n) is 6.16. The van der Waals surface area contributed by atoms with Gasteiger partial charge in [0.1, 0.15) is 0 Å². The monoisotopic (exact) mass is 270 g/mol. The van der Waals surface area contributed by atoms with Crippen molar-refractivity contribution in [2.45, 2.75) is 44.9 Å². The van der Waals surface area contributed by atoms with E-state index in [2.05, 4.69) is 4.72 Å². The maximum Gasteiger partial charge on any atom is 0.216 e. The first kappa shape index (κ1) is 15.0. The van der Waals surface area contributed by atoms with Crippen molar-refractivity contribution in [1.82, 2.24) is 4.72 Å². The molecule has 0 saturated carbocycles. The van der Waals surface area contributed by atoms with E-state index < -0.39 is 10.0 Å². The largest absolute Gasteiger partial charge is 0.399 e. The van der Waals surface area contributed by atoms with Crippen LogP contribution in [0.3, 0.4) is 0 Å². The van der Waals surface area contributed by atoms with Gasteiger partial charge in [-0.15, -0.1) is 0 Å². The van der Waals surface area contributed by atoms with E-state index in [9.17, 15) is 8.42 Å². The Balaban J connectivity index is 2.79. The Labute approximate surface area is 110 Å². The van der Waals surface area contributed by atoms with E-state index >= 15 is 0 Å². The predicted molar refractivity (Wildman–Crippen MR) is 75.6 cm³/mol. The molecular formula is C13H22N2O2S. The Kier molecular flexibility index (Phi) is 4.76. The fourth-order valence-corrected chi connectivity index (χ4v) is 3.38. The molecule has 1 rings (SSSR count). The second kappa shape index (κ2) is 5.71. The molecule has 0 atom stereocenters. The van der Waals surface area contributed by atoms with Crippen LogP contribution in [0.25, 0.3) is 0 Å². The van der Waals surface area contributed by atoms with Crippen LogP contribution in [-0.2, 0) is 15.8 Å². The molecule has 0 aliphatic carbocycles. The molecule has 0 saturated heterocycles. The summed E-state index contributed by atoms with van der Waals surface area (Å²) >= 11 is 0. The molecule has 0 bridgehead atoms. The number of nitrogens with two attached hydrogens (primary N) is 1. The third-order valence-electron chi connectivity index (χ3n) is 3.30. The fraction of sp³-hybridized carbons (Fsp3) is 0.538. The van der Waals surface area contributed by atoms with Gasteiger partial charge in [0.15, 0.2) is 0 Å². The number of benzene rings is 1. The summed E-state index contributed by atoms with van der Waals surface area (Å²) in [6.07, 6.45) is 1.54. The van der Waals surface area contributed by atoms with E-state index in [-0.39, 0.29) is 11.3 Å². The number of hydrogen-bond acceptors (Lipinski definition) is 3. The zero-order valence-corrected chi connectivity index (χ0v) is 12.0. The summed E-state index contributed by atoms with van der Waals surface area (Å²) in [7, 11) is -3.32. The molecule has 1 aromatic rings. The topological polar surface area (TPSA) is 72.2 Å². The minimum atomic E-state index is -3.32. The summed E-state index contributed by atoms with van der Waals surface area (Å²) in [5.74, 6) is -0.0110. The Morgan fingerprint density at radius 2 is 1.67 bits per heavy atom. The molecule has 0 radical (unpaired) electrons. The molecule has 0 unspecified atom stereocenters. The lowest BCUT2D eigenvalue weighted by Gasteiger charge is -2.27. The maximum absolute atomic E-state index is 12.1. The minimum Gasteiger partial charge on any atom is -0.399 e. The van der Waals surface area contributed by atoms with Gasteiger partial charge in [-0.3, -0.25) is 0 Å². The third kappa shape index (κ3) is 4.31. The number of rotatable bonds is 6. The number of nitrogens with one attached hydrogen (secondary N) is 1. The lowest BCUT2D eigenvalue weighted by Crippen LogP contribution is -2.45. The molecule has 0 aliphatic rings. The fourth-order valence-electron chi connectivity index (χ4n) is 1.64. The van der Waals surface area contributed by atoms with Gasteiger partial charge in [-0.2, -0.15) is 0 Å². The smallest absolute Gasteiger partial charge is 0.216 e. The zero-order valence-electron chi connectivity index (χ0n) is 11.2. The van der Waals surface area contributed by atoms with Crippen LogP contribution in [0.5, 0.6) is 0 Å². The highest BCUT2D eigenvalue weighted by molar-refractivity contribution is 7.88. The second-order valence-corrected chi connectivity index (χ2v) is 6.59. The van der Waals surface area contributed by atoms with E-state index in [1.54, 1.807) is 24.3 Å². The van der Waals surface area contributed by atoms with Crippen molar-refractivity contribution >= 4 is 15.7 Å². The van der Waals surface area contributed by atoms with Crippen molar-refractivity contribution in [3.05, 3.63) is 29.8 Å². The van der Waals surface area contributed by atoms with Crippen molar-refractivity contribution in [3.63, 3.8) is 0 Å². The van der Waals surface area contributed by atoms with Crippen LogP contribution in [-0.4, -0.2) is 14.0 Å². The van der Waals surface area contributed by atoms with Gasteiger partial charge in [-0.1, -0.05) is 26.0 Å². The molecule has 0 fully saturated rings. The highest BCUT2D eigenvalue weighted by Gasteiger charge is 2.26. The number of sulfonamides is 1. The first-order chi connectivity index (χ1) is 8.30. The Morgan fingerprint density at radius 3 is 2.11 bits per heavy atom. The maximum atomic E-state index is 12.1. The molecule has 0 amide bonds. The van der Waals surface area contributed by atoms with E-state index in [4.69, 9.17) is 5.73 Å².